The van der Waals surface area contributed by atoms with Gasteiger partial charge in [-0.2, -0.15) is 17.0 Å². The van der Waals surface area contributed by atoms with Gasteiger partial charge in [-0.15, -0.1) is 0 Å². The number of carbonyl (C=O) groups is 10. The zero-order valence-electron chi connectivity index (χ0n) is 52.6. The number of aryl methyl sites for hydroxylation is 2. The number of carbonyl (C=O) groups excluding carboxylic acids is 9. The Labute approximate surface area is 539 Å². The number of benzene rings is 2. The summed E-state index contributed by atoms with van der Waals surface area (Å²) in [6.45, 7) is 7.47. The molecule has 4 heterocycles. The maximum atomic E-state index is 14.6. The number of piperazine rings is 1. The molecule has 0 saturated carbocycles. The molecule has 4 atom stereocenters. The van der Waals surface area contributed by atoms with E-state index in [9.17, 15) is 62.7 Å². The van der Waals surface area contributed by atoms with E-state index < -0.39 is 78.2 Å². The number of aliphatic carboxylic acids is 1. The van der Waals surface area contributed by atoms with Gasteiger partial charge in [-0.3, -0.25) is 77.4 Å². The first-order chi connectivity index (χ1) is 44.3. The first kappa shape index (κ1) is 73.0. The highest BCUT2D eigenvalue weighted by Gasteiger charge is 2.43. The van der Waals surface area contributed by atoms with Crippen LogP contribution >= 0.6 is 11.8 Å². The fraction of sp³-hybridized carbons (Fsp3) is 0.581. The van der Waals surface area contributed by atoms with Gasteiger partial charge in [-0.1, -0.05) is 29.8 Å². The second kappa shape index (κ2) is 38.1. The van der Waals surface area contributed by atoms with Gasteiger partial charge in [-0.05, 0) is 62.9 Å². The summed E-state index contributed by atoms with van der Waals surface area (Å²) in [6.07, 6.45) is 3.13. The molecule has 28 nitrogen and oxygen atoms in total. The van der Waals surface area contributed by atoms with Crippen LogP contribution in [-0.2, 0) is 63.8 Å². The Morgan fingerprint density at radius 2 is 1.45 bits per heavy atom. The van der Waals surface area contributed by atoms with Crippen LogP contribution in [0.15, 0.2) is 54.7 Å². The number of fused-ring (bicyclic) bond motifs is 1. The number of rotatable bonds is 33. The number of hydrogen-bond donors (Lipinski definition) is 5. The van der Waals surface area contributed by atoms with Crippen LogP contribution in [0.3, 0.4) is 0 Å². The number of nitriles is 1. The second-order valence-electron chi connectivity index (χ2n) is 23.1. The van der Waals surface area contributed by atoms with Crippen LogP contribution in [0.5, 0.6) is 5.75 Å². The van der Waals surface area contributed by atoms with Crippen molar-refractivity contribution in [2.75, 3.05) is 156 Å². The number of pyridine rings is 1. The largest absolute Gasteiger partial charge is 0.494 e. The molecular formula is C62H86FN13O15S. The summed E-state index contributed by atoms with van der Waals surface area (Å²) < 4.78 is 35.8. The van der Waals surface area contributed by atoms with Crippen LogP contribution in [0, 0.1) is 18.3 Å². The predicted molar refractivity (Wildman–Crippen MR) is 335 cm³/mol. The number of carboxylic acids is 1. The number of methoxy groups -OCH3 is 1. The minimum absolute atomic E-state index is 0.00429. The number of nitrogens with one attached hydrogen (secondary N) is 4. The molecule has 0 bridgehead atoms. The summed E-state index contributed by atoms with van der Waals surface area (Å²) in [6, 6.07) is 13.2. The Morgan fingerprint density at radius 3 is 2.08 bits per heavy atom. The number of alkyl halides is 1. The van der Waals surface area contributed by atoms with Gasteiger partial charge in [0.15, 0.2) is 0 Å². The maximum Gasteiger partial charge on any atom is 0.317 e. The smallest absolute Gasteiger partial charge is 0.317 e. The molecule has 0 aliphatic carbocycles. The number of amides is 6. The number of carboxylic acid groups (broad SMARTS) is 1. The monoisotopic (exact) mass is 1300 g/mol. The number of thioether (sulfide) groups is 1. The van der Waals surface area contributed by atoms with Crippen molar-refractivity contribution in [1.29, 1.82) is 5.26 Å². The van der Waals surface area contributed by atoms with E-state index in [4.69, 9.17) is 18.9 Å². The summed E-state index contributed by atoms with van der Waals surface area (Å²) in [4.78, 5) is 146. The van der Waals surface area contributed by atoms with Crippen molar-refractivity contribution in [1.82, 2.24) is 60.6 Å². The molecule has 3 aliphatic heterocycles. The standard InChI is InChI=1S/C62H86FN13O15S/c1-45-8-10-46(11-9-45)6-4-7-54(79)66-16-31-92-39-53(68-55(80)37-71-18-19-72(38-57(82)83)21-23-74(42-90-44-78)25-24-73(22-20-71)41-89-43-77)60(86)69-52(33-58(84)88-3)61(87)75-28-26-70(27-29-75)17-5-30-91-48-12-13-51-50(32-48)49(14-15-65-51)59(85)67-36-56(81)76-40-62(2,63)34-47(76)35-64/h8-15,32,43-44,47,52-53H,4-7,16-31,33-34,36-42H2,1-3H3,(H,66,79)(H,67,85)(H,68,80)(H,69,86)(H,82,83)/t47-,52+,53+,62?/m1/s1. The Kier molecular flexibility index (Phi) is 30.2. The molecule has 1 unspecified atom stereocenters. The summed E-state index contributed by atoms with van der Waals surface area (Å²) >= 11 is 1.28. The number of halogens is 1. The van der Waals surface area contributed by atoms with Gasteiger partial charge in [0.1, 0.15) is 43.0 Å². The van der Waals surface area contributed by atoms with Gasteiger partial charge in [-0.25, -0.2) is 4.39 Å². The van der Waals surface area contributed by atoms with E-state index in [2.05, 4.69) is 31.2 Å². The third-order valence-corrected chi connectivity index (χ3v) is 17.0. The minimum atomic E-state index is -1.71. The summed E-state index contributed by atoms with van der Waals surface area (Å²) in [5, 5.41) is 30.8. The Bertz CT molecular complexity index is 3010. The molecule has 502 valence electrons. The third kappa shape index (κ3) is 24.9. The number of ether oxygens (including phenoxy) is 4. The predicted octanol–water partition coefficient (Wildman–Crippen LogP) is 0.0110. The number of likely N-dealkylation sites (tertiary alicyclic amines) is 1. The maximum absolute atomic E-state index is 14.6. The van der Waals surface area contributed by atoms with E-state index in [-0.39, 0.29) is 109 Å². The topological polar surface area (TPSA) is 335 Å². The average molecular weight is 1300 g/mol. The normalized spacial score (nSPS) is 18.8. The average Bonchev–Trinajstić information content (AvgIpc) is 1.30. The lowest BCUT2D eigenvalue weighted by molar-refractivity contribution is -0.147. The van der Waals surface area contributed by atoms with Gasteiger partial charge in [0.25, 0.3) is 18.9 Å². The molecule has 3 fully saturated rings. The van der Waals surface area contributed by atoms with Gasteiger partial charge in [0.2, 0.25) is 29.5 Å². The Hall–Kier alpha value is -8.08. The van der Waals surface area contributed by atoms with Crippen molar-refractivity contribution in [3.05, 3.63) is 71.4 Å². The van der Waals surface area contributed by atoms with E-state index in [1.165, 1.54) is 30.9 Å². The van der Waals surface area contributed by atoms with Crippen molar-refractivity contribution in [3.63, 3.8) is 0 Å². The van der Waals surface area contributed by atoms with Crippen molar-refractivity contribution >= 4 is 83.0 Å². The van der Waals surface area contributed by atoms with Crippen molar-refractivity contribution in [3.8, 4) is 11.8 Å². The molecule has 92 heavy (non-hydrogen) atoms. The lowest BCUT2D eigenvalue weighted by Gasteiger charge is -2.36. The van der Waals surface area contributed by atoms with Crippen LogP contribution in [0.1, 0.15) is 60.5 Å². The molecule has 6 amide bonds. The highest BCUT2D eigenvalue weighted by atomic mass is 32.2. The summed E-state index contributed by atoms with van der Waals surface area (Å²) in [7, 11) is 1.16. The van der Waals surface area contributed by atoms with Crippen LogP contribution in [0.2, 0.25) is 0 Å². The van der Waals surface area contributed by atoms with Gasteiger partial charge < -0.3 is 55.1 Å². The Morgan fingerprint density at radius 1 is 0.804 bits per heavy atom. The molecular weight excluding hydrogens is 1220 g/mol. The van der Waals surface area contributed by atoms with Crippen molar-refractivity contribution in [2.45, 2.75) is 76.2 Å². The van der Waals surface area contributed by atoms with Crippen molar-refractivity contribution < 1.29 is 76.4 Å². The third-order valence-electron chi connectivity index (χ3n) is 15.9. The first-order valence-corrected chi connectivity index (χ1v) is 31.9. The molecule has 3 aromatic rings. The van der Waals surface area contributed by atoms with Crippen LogP contribution in [0.4, 0.5) is 4.39 Å². The zero-order valence-corrected chi connectivity index (χ0v) is 53.4. The van der Waals surface area contributed by atoms with E-state index in [0.717, 1.165) is 29.6 Å². The molecule has 1 aromatic heterocycles. The number of hydrogen-bond acceptors (Lipinski definition) is 22. The fourth-order valence-electron chi connectivity index (χ4n) is 10.8. The number of aromatic nitrogens is 1. The highest BCUT2D eigenvalue weighted by Crippen LogP contribution is 2.30. The van der Waals surface area contributed by atoms with E-state index >= 15 is 0 Å². The van der Waals surface area contributed by atoms with Crippen LogP contribution in [-0.4, -0.2) is 285 Å². The molecule has 0 spiro atoms. The molecule has 3 aliphatic rings. The second-order valence-corrected chi connectivity index (χ2v) is 24.2. The highest BCUT2D eigenvalue weighted by molar-refractivity contribution is 7.99. The molecule has 6 rings (SSSR count). The lowest BCUT2D eigenvalue weighted by atomic mass is 10.1. The van der Waals surface area contributed by atoms with Gasteiger partial charge >= 0.3 is 11.9 Å². The minimum Gasteiger partial charge on any atom is -0.494 e. The van der Waals surface area contributed by atoms with Gasteiger partial charge in [0.05, 0.1) is 63.5 Å². The SMILES string of the molecule is COC(=O)C[C@H](NC(=O)[C@H](CSCCNC(=O)CCCc1ccc(C)cc1)NC(=O)CN1CCN(COC=O)CCN(COC=O)CCN(CC(=O)O)CC1)C(=O)N1CCN(CCCOc2ccc3nccc(C(=O)NCC(=O)N4CC(C)(F)C[C@@H]4C#N)c3c2)CC1. The molecule has 5 N–H and O–H groups in total. The van der Waals surface area contributed by atoms with Crippen molar-refractivity contribution in [2.24, 2.45) is 0 Å². The number of esters is 1. The van der Waals surface area contributed by atoms with Gasteiger partial charge in [0, 0.05) is 128 Å². The van der Waals surface area contributed by atoms with E-state index in [1.54, 1.807) is 32.9 Å². The van der Waals surface area contributed by atoms with Crippen LogP contribution < -0.4 is 26.0 Å². The van der Waals surface area contributed by atoms with E-state index in [0.29, 0.717) is 100 Å². The quantitative estimate of drug-likeness (QED) is 0.0232. The molecule has 3 saturated heterocycles. The zero-order chi connectivity index (χ0) is 66.4. The fourth-order valence-corrected chi connectivity index (χ4v) is 11.7. The molecule has 30 heteroatoms. The number of nitrogens with zero attached hydrogens (tertiary/aromatic N) is 9. The summed E-state index contributed by atoms with van der Waals surface area (Å²) in [5.74, 6) is -4.12. The first-order valence-electron chi connectivity index (χ1n) is 30.7. The molecule has 2 aromatic carbocycles. The van der Waals surface area contributed by atoms with Crippen LogP contribution in [0.25, 0.3) is 10.9 Å². The molecule has 0 radical (unpaired) electrons. The van der Waals surface area contributed by atoms with E-state index in [1.807, 2.05) is 47.1 Å². The Balaban J connectivity index is 1.05. The summed E-state index contributed by atoms with van der Waals surface area (Å²) in [5.41, 5.74) is 1.32. The lowest BCUT2D eigenvalue weighted by Crippen LogP contribution is -2.59.